The first-order valence-electron chi connectivity index (χ1n) is 13.5. The minimum Gasteiger partial charge on any atom is -0.493 e. The maximum atomic E-state index is 13.5. The maximum absolute atomic E-state index is 13.5. The van der Waals surface area contributed by atoms with Gasteiger partial charge in [0, 0.05) is 56.9 Å². The van der Waals surface area contributed by atoms with Gasteiger partial charge >= 0.3 is 0 Å². The third-order valence-corrected chi connectivity index (χ3v) is 7.37. The zero-order valence-corrected chi connectivity index (χ0v) is 22.8. The molecule has 0 aliphatic carbocycles. The zero-order valence-electron chi connectivity index (χ0n) is 22.8. The normalized spacial score (nSPS) is 15.3. The Hall–Kier alpha value is -3.20. The number of hydrogen-bond acceptors (Lipinski definition) is 6. The molecule has 8 heteroatoms. The van der Waals surface area contributed by atoms with Gasteiger partial charge in [-0.3, -0.25) is 4.90 Å². The van der Waals surface area contributed by atoms with Crippen molar-refractivity contribution in [1.29, 1.82) is 0 Å². The second-order valence-corrected chi connectivity index (χ2v) is 10.0. The van der Waals surface area contributed by atoms with E-state index in [1.165, 1.54) is 24.3 Å². The smallest absolute Gasteiger partial charge is 0.162 e. The Balaban J connectivity index is 1.20. The molecule has 210 valence electrons. The largest absolute Gasteiger partial charge is 0.493 e. The Morgan fingerprint density at radius 3 is 1.92 bits per heavy atom. The number of halogens is 2. The summed E-state index contributed by atoms with van der Waals surface area (Å²) in [5, 5.41) is 13.9. The first kappa shape index (κ1) is 28.8. The predicted molar refractivity (Wildman–Crippen MR) is 151 cm³/mol. The molecule has 6 nitrogen and oxygen atoms in total. The summed E-state index contributed by atoms with van der Waals surface area (Å²) in [6.07, 6.45) is 1.40. The molecule has 1 fully saturated rings. The zero-order chi connectivity index (χ0) is 27.6. The monoisotopic (exact) mass is 539 g/mol. The van der Waals surface area contributed by atoms with Crippen molar-refractivity contribution < 1.29 is 23.4 Å². The third-order valence-electron chi connectivity index (χ3n) is 7.37. The Bertz CT molecular complexity index is 1110. The van der Waals surface area contributed by atoms with Crippen LogP contribution in [0.3, 0.4) is 0 Å². The molecule has 2 N–H and O–H groups in total. The third kappa shape index (κ3) is 8.39. The first-order chi connectivity index (χ1) is 18.9. The minimum absolute atomic E-state index is 0.0980. The Morgan fingerprint density at radius 2 is 1.36 bits per heavy atom. The average molecular weight is 540 g/mol. The summed E-state index contributed by atoms with van der Waals surface area (Å²) in [4.78, 5) is 4.76. The van der Waals surface area contributed by atoms with Gasteiger partial charge in [0.2, 0.25) is 0 Å². The molecule has 0 amide bonds. The van der Waals surface area contributed by atoms with Crippen molar-refractivity contribution >= 4 is 5.69 Å². The molecular formula is C31H39F2N3O3. The van der Waals surface area contributed by atoms with Gasteiger partial charge in [-0.15, -0.1) is 0 Å². The summed E-state index contributed by atoms with van der Waals surface area (Å²) in [5.74, 6) is 0.908. The molecule has 0 saturated carbocycles. The van der Waals surface area contributed by atoms with Gasteiger partial charge in [0.1, 0.15) is 11.6 Å². The predicted octanol–water partition coefficient (Wildman–Crippen LogP) is 4.98. The summed E-state index contributed by atoms with van der Waals surface area (Å²) in [5.41, 5.74) is 2.96. The van der Waals surface area contributed by atoms with Gasteiger partial charge in [-0.25, -0.2) is 8.78 Å². The van der Waals surface area contributed by atoms with Crippen molar-refractivity contribution in [3.05, 3.63) is 89.5 Å². The van der Waals surface area contributed by atoms with Crippen molar-refractivity contribution in [2.45, 2.75) is 24.9 Å². The molecule has 1 saturated heterocycles. The lowest BCUT2D eigenvalue weighted by atomic mass is 9.87. The lowest BCUT2D eigenvalue weighted by molar-refractivity contribution is 0.0776. The van der Waals surface area contributed by atoms with Gasteiger partial charge in [-0.1, -0.05) is 24.3 Å². The first-order valence-corrected chi connectivity index (χ1v) is 13.5. The molecule has 0 bridgehead atoms. The number of anilines is 1. The van der Waals surface area contributed by atoms with Gasteiger partial charge in [0.15, 0.2) is 11.5 Å². The Morgan fingerprint density at radius 1 is 0.795 bits per heavy atom. The van der Waals surface area contributed by atoms with Crippen molar-refractivity contribution in [3.8, 4) is 11.5 Å². The molecule has 0 radical (unpaired) electrons. The van der Waals surface area contributed by atoms with Gasteiger partial charge < -0.3 is 24.8 Å². The number of hydrogen-bond donors (Lipinski definition) is 2. The van der Waals surface area contributed by atoms with Crippen molar-refractivity contribution in [2.75, 3.05) is 65.3 Å². The number of methoxy groups -OCH3 is 2. The highest BCUT2D eigenvalue weighted by molar-refractivity contribution is 5.54. The van der Waals surface area contributed by atoms with E-state index in [-0.39, 0.29) is 17.6 Å². The molecule has 3 aromatic carbocycles. The van der Waals surface area contributed by atoms with Crippen LogP contribution in [0.15, 0.2) is 66.7 Å². The Kier molecular flexibility index (Phi) is 10.5. The van der Waals surface area contributed by atoms with E-state index in [4.69, 9.17) is 9.47 Å². The van der Waals surface area contributed by atoms with E-state index in [0.717, 1.165) is 62.4 Å². The highest BCUT2D eigenvalue weighted by Gasteiger charge is 2.20. The van der Waals surface area contributed by atoms with Crippen LogP contribution in [0.5, 0.6) is 11.5 Å². The van der Waals surface area contributed by atoms with E-state index in [1.807, 2.05) is 42.5 Å². The van der Waals surface area contributed by atoms with Crippen molar-refractivity contribution in [1.82, 2.24) is 9.80 Å². The molecule has 39 heavy (non-hydrogen) atoms. The van der Waals surface area contributed by atoms with Crippen LogP contribution in [-0.2, 0) is 0 Å². The maximum Gasteiger partial charge on any atom is 0.162 e. The van der Waals surface area contributed by atoms with Crippen LogP contribution >= 0.6 is 0 Å². The number of nitrogens with zero attached hydrogens (tertiary/aromatic N) is 2. The highest BCUT2D eigenvalue weighted by atomic mass is 19.1. The molecule has 1 atom stereocenters. The topological polar surface area (TPSA) is 57.2 Å². The number of aliphatic hydroxyl groups excluding tert-OH is 1. The van der Waals surface area contributed by atoms with E-state index in [1.54, 1.807) is 14.2 Å². The van der Waals surface area contributed by atoms with Crippen LogP contribution in [0, 0.1) is 11.6 Å². The number of benzene rings is 3. The second-order valence-electron chi connectivity index (χ2n) is 10.0. The SMILES string of the molecule is COc1ccc(NCC(O)CN2CCN(CCCC(c3ccc(F)cc3)c3ccc(F)cc3)CC2)cc1OC. The number of nitrogens with one attached hydrogen (secondary N) is 1. The fourth-order valence-electron chi connectivity index (χ4n) is 5.17. The molecular weight excluding hydrogens is 500 g/mol. The van der Waals surface area contributed by atoms with Gasteiger partial charge in [-0.2, -0.15) is 0 Å². The van der Waals surface area contributed by atoms with Crippen molar-refractivity contribution in [3.63, 3.8) is 0 Å². The standard InChI is InChI=1S/C31H39F2N3O3/c1-38-30-14-13-27(20-31(30)39-2)34-21-28(37)22-36-18-16-35(17-19-36)15-3-4-29(23-5-9-25(32)10-6-23)24-7-11-26(33)12-8-24/h5-14,20,28-29,34,37H,3-4,15-19,21-22H2,1-2H3. The number of β-amino-alcohol motifs (C(OH)–C–C–N with tert-alkyl or cyclic N) is 1. The van der Waals surface area contributed by atoms with Crippen LogP contribution in [-0.4, -0.2) is 81.0 Å². The molecule has 4 rings (SSSR count). The summed E-state index contributed by atoms with van der Waals surface area (Å²) >= 11 is 0. The summed E-state index contributed by atoms with van der Waals surface area (Å²) < 4.78 is 37.6. The lowest BCUT2D eigenvalue weighted by Gasteiger charge is -2.36. The van der Waals surface area contributed by atoms with Gasteiger partial charge in [0.25, 0.3) is 0 Å². The van der Waals surface area contributed by atoms with Crippen LogP contribution in [0.2, 0.25) is 0 Å². The average Bonchev–Trinajstić information content (AvgIpc) is 2.96. The van der Waals surface area contributed by atoms with Crippen LogP contribution < -0.4 is 14.8 Å². The fraction of sp³-hybridized carbons (Fsp3) is 0.419. The fourth-order valence-corrected chi connectivity index (χ4v) is 5.17. The molecule has 3 aromatic rings. The van der Waals surface area contributed by atoms with E-state index in [9.17, 15) is 13.9 Å². The summed E-state index contributed by atoms with van der Waals surface area (Å²) in [7, 11) is 3.21. The molecule has 1 heterocycles. The van der Waals surface area contributed by atoms with E-state index < -0.39 is 6.10 Å². The lowest BCUT2D eigenvalue weighted by Crippen LogP contribution is -2.49. The number of rotatable bonds is 13. The minimum atomic E-state index is -0.489. The number of aliphatic hydroxyl groups is 1. The molecule has 0 spiro atoms. The van der Waals surface area contributed by atoms with Gasteiger partial charge in [-0.05, 0) is 66.9 Å². The molecule has 1 unspecified atom stereocenters. The van der Waals surface area contributed by atoms with E-state index in [0.29, 0.717) is 24.6 Å². The molecule has 0 aromatic heterocycles. The molecule has 1 aliphatic rings. The van der Waals surface area contributed by atoms with E-state index in [2.05, 4.69) is 15.1 Å². The summed E-state index contributed by atoms with van der Waals surface area (Å²) in [6, 6.07) is 18.9. The van der Waals surface area contributed by atoms with Gasteiger partial charge in [0.05, 0.1) is 20.3 Å². The van der Waals surface area contributed by atoms with E-state index >= 15 is 0 Å². The van der Waals surface area contributed by atoms with Crippen LogP contribution in [0.4, 0.5) is 14.5 Å². The van der Waals surface area contributed by atoms with Crippen LogP contribution in [0.25, 0.3) is 0 Å². The number of piperazine rings is 1. The summed E-state index contributed by atoms with van der Waals surface area (Å²) in [6.45, 7) is 5.76. The number of ether oxygens (including phenoxy) is 2. The van der Waals surface area contributed by atoms with Crippen LogP contribution in [0.1, 0.15) is 29.9 Å². The molecule has 1 aliphatic heterocycles. The quantitative estimate of drug-likeness (QED) is 0.320. The highest BCUT2D eigenvalue weighted by Crippen LogP contribution is 2.31. The Labute approximate surface area is 230 Å². The van der Waals surface area contributed by atoms with Crippen molar-refractivity contribution in [2.24, 2.45) is 0 Å². The second kappa shape index (κ2) is 14.3.